The Morgan fingerprint density at radius 1 is 1.30 bits per heavy atom. The molecule has 20 heavy (non-hydrogen) atoms. The van der Waals surface area contributed by atoms with Gasteiger partial charge in [0.1, 0.15) is 5.75 Å². The number of alkyl halides is 1. The molecule has 108 valence electrons. The van der Waals surface area contributed by atoms with Crippen LogP contribution >= 0.6 is 31.9 Å². The molecule has 2 aliphatic rings. The van der Waals surface area contributed by atoms with Gasteiger partial charge in [-0.3, -0.25) is 4.79 Å². The summed E-state index contributed by atoms with van der Waals surface area (Å²) in [4.78, 5) is 15.5. The second-order valence-corrected chi connectivity index (χ2v) is 7.72. The highest BCUT2D eigenvalue weighted by molar-refractivity contribution is 9.10. The van der Waals surface area contributed by atoms with Crippen molar-refractivity contribution < 1.29 is 9.53 Å². The van der Waals surface area contributed by atoms with Crippen molar-refractivity contribution in [3.05, 3.63) is 28.2 Å². The van der Waals surface area contributed by atoms with Crippen molar-refractivity contribution in [3.8, 4) is 5.75 Å². The summed E-state index contributed by atoms with van der Waals surface area (Å²) < 4.78 is 6.29. The Kier molecular flexibility index (Phi) is 4.09. The van der Waals surface area contributed by atoms with Crippen LogP contribution in [0.3, 0.4) is 0 Å². The van der Waals surface area contributed by atoms with E-state index in [4.69, 9.17) is 4.74 Å². The van der Waals surface area contributed by atoms with Gasteiger partial charge in [-0.05, 0) is 43.9 Å². The molecular formula is C15H17Br2NO2. The van der Waals surface area contributed by atoms with Crippen molar-refractivity contribution in [1.29, 1.82) is 0 Å². The van der Waals surface area contributed by atoms with Gasteiger partial charge in [0.05, 0.1) is 12.7 Å². The Morgan fingerprint density at radius 2 is 1.95 bits per heavy atom. The first-order valence-electron chi connectivity index (χ1n) is 6.90. The van der Waals surface area contributed by atoms with Gasteiger partial charge in [-0.15, -0.1) is 0 Å². The van der Waals surface area contributed by atoms with Gasteiger partial charge in [-0.2, -0.15) is 0 Å². The smallest absolute Gasteiger partial charge is 0.258 e. The lowest BCUT2D eigenvalue weighted by Gasteiger charge is -2.37. The number of halogens is 2. The molecule has 2 bridgehead atoms. The van der Waals surface area contributed by atoms with Gasteiger partial charge in [0, 0.05) is 21.4 Å². The van der Waals surface area contributed by atoms with Crippen LogP contribution in [0.15, 0.2) is 22.7 Å². The molecule has 1 aromatic carbocycles. The number of rotatable bonds is 2. The van der Waals surface area contributed by atoms with E-state index in [-0.39, 0.29) is 5.91 Å². The van der Waals surface area contributed by atoms with E-state index in [0.717, 1.165) is 30.2 Å². The first-order chi connectivity index (χ1) is 9.60. The molecule has 0 spiro atoms. The van der Waals surface area contributed by atoms with E-state index in [2.05, 4.69) is 36.8 Å². The summed E-state index contributed by atoms with van der Waals surface area (Å²) >= 11 is 7.13. The molecule has 2 unspecified atom stereocenters. The Bertz CT molecular complexity index is 521. The normalized spacial score (nSPS) is 28.6. The summed E-state index contributed by atoms with van der Waals surface area (Å²) in [6.07, 6.45) is 4.36. The number of carbonyl (C=O) groups excluding carboxylic acids is 1. The molecule has 2 atom stereocenters. The quantitative estimate of drug-likeness (QED) is 0.700. The van der Waals surface area contributed by atoms with Crippen LogP contribution in [0.1, 0.15) is 36.0 Å². The fourth-order valence-electron chi connectivity index (χ4n) is 3.42. The standard InChI is InChI=1S/C15H17Br2NO2/c1-20-14-8-9(16)2-5-13(14)15(19)18-11-3-4-12(18)7-10(17)6-11/h2,5,8,10-12H,3-4,6-7H2,1H3. The zero-order chi connectivity index (χ0) is 14.3. The largest absolute Gasteiger partial charge is 0.496 e. The third-order valence-electron chi connectivity index (χ3n) is 4.30. The Balaban J connectivity index is 1.90. The molecule has 5 heteroatoms. The minimum Gasteiger partial charge on any atom is -0.496 e. The Labute approximate surface area is 135 Å². The van der Waals surface area contributed by atoms with Crippen molar-refractivity contribution >= 4 is 37.8 Å². The first-order valence-corrected chi connectivity index (χ1v) is 8.61. The fraction of sp³-hybridized carbons (Fsp3) is 0.533. The molecule has 0 aromatic heterocycles. The molecule has 1 aromatic rings. The fourth-order valence-corrected chi connectivity index (χ4v) is 4.63. The van der Waals surface area contributed by atoms with Crippen molar-refractivity contribution in [1.82, 2.24) is 4.90 Å². The molecule has 0 N–H and O–H groups in total. The van der Waals surface area contributed by atoms with Gasteiger partial charge >= 0.3 is 0 Å². The van der Waals surface area contributed by atoms with Crippen LogP contribution in [0.25, 0.3) is 0 Å². The molecule has 2 heterocycles. The highest BCUT2D eigenvalue weighted by Crippen LogP contribution is 2.40. The average Bonchev–Trinajstić information content (AvgIpc) is 2.70. The van der Waals surface area contributed by atoms with E-state index in [1.807, 2.05) is 18.2 Å². The molecule has 2 aliphatic heterocycles. The van der Waals surface area contributed by atoms with Crippen LogP contribution in [0, 0.1) is 0 Å². The number of nitrogens with zero attached hydrogens (tertiary/aromatic N) is 1. The van der Waals surface area contributed by atoms with Gasteiger partial charge in [0.15, 0.2) is 0 Å². The van der Waals surface area contributed by atoms with E-state index in [9.17, 15) is 4.79 Å². The summed E-state index contributed by atoms with van der Waals surface area (Å²) in [5, 5.41) is 0. The molecule has 0 saturated carbocycles. The van der Waals surface area contributed by atoms with Crippen molar-refractivity contribution in [2.45, 2.75) is 42.6 Å². The van der Waals surface area contributed by atoms with E-state index in [1.54, 1.807) is 7.11 Å². The number of methoxy groups -OCH3 is 1. The minimum atomic E-state index is 0.112. The molecular weight excluding hydrogens is 386 g/mol. The number of ether oxygens (including phenoxy) is 1. The van der Waals surface area contributed by atoms with E-state index < -0.39 is 0 Å². The van der Waals surface area contributed by atoms with Gasteiger partial charge in [-0.25, -0.2) is 0 Å². The highest BCUT2D eigenvalue weighted by atomic mass is 79.9. The third-order valence-corrected chi connectivity index (χ3v) is 5.54. The molecule has 2 fully saturated rings. The summed E-state index contributed by atoms with van der Waals surface area (Å²) in [5.74, 6) is 0.756. The number of hydrogen-bond acceptors (Lipinski definition) is 2. The second kappa shape index (κ2) is 5.68. The molecule has 0 radical (unpaired) electrons. The maximum Gasteiger partial charge on any atom is 0.258 e. The van der Waals surface area contributed by atoms with Gasteiger partial charge in [0.2, 0.25) is 0 Å². The predicted octanol–water partition coefficient (Wildman–Crippen LogP) is 3.99. The van der Waals surface area contributed by atoms with Crippen LogP contribution in [0.2, 0.25) is 0 Å². The number of hydrogen-bond donors (Lipinski definition) is 0. The minimum absolute atomic E-state index is 0.112. The molecule has 0 aliphatic carbocycles. The number of carbonyl (C=O) groups is 1. The Hall–Kier alpha value is -0.550. The zero-order valence-corrected chi connectivity index (χ0v) is 14.5. The number of piperidine rings is 1. The van der Waals surface area contributed by atoms with Crippen molar-refractivity contribution in [3.63, 3.8) is 0 Å². The van der Waals surface area contributed by atoms with Crippen molar-refractivity contribution in [2.24, 2.45) is 0 Å². The lowest BCUT2D eigenvalue weighted by atomic mass is 10.0. The second-order valence-electron chi connectivity index (χ2n) is 5.51. The lowest BCUT2D eigenvalue weighted by Crippen LogP contribution is -2.46. The summed E-state index contributed by atoms with van der Waals surface area (Å²) in [6, 6.07) is 6.35. The zero-order valence-electron chi connectivity index (χ0n) is 11.3. The topological polar surface area (TPSA) is 29.5 Å². The van der Waals surface area contributed by atoms with E-state index >= 15 is 0 Å². The molecule has 3 nitrogen and oxygen atoms in total. The summed E-state index contributed by atoms with van der Waals surface area (Å²) in [7, 11) is 1.61. The van der Waals surface area contributed by atoms with Crippen LogP contribution in [-0.4, -0.2) is 34.8 Å². The monoisotopic (exact) mass is 401 g/mol. The van der Waals surface area contributed by atoms with Gasteiger partial charge < -0.3 is 9.64 Å². The van der Waals surface area contributed by atoms with E-state index in [1.165, 1.54) is 0 Å². The van der Waals surface area contributed by atoms with Gasteiger partial charge in [-0.1, -0.05) is 31.9 Å². The Morgan fingerprint density at radius 3 is 2.55 bits per heavy atom. The maximum atomic E-state index is 12.9. The van der Waals surface area contributed by atoms with Crippen LogP contribution < -0.4 is 4.74 Å². The van der Waals surface area contributed by atoms with Crippen molar-refractivity contribution in [2.75, 3.05) is 7.11 Å². The first kappa shape index (κ1) is 14.4. The SMILES string of the molecule is COc1cc(Br)ccc1C(=O)N1C2CCC1CC(Br)C2. The van der Waals surface area contributed by atoms with E-state index in [0.29, 0.717) is 28.2 Å². The average molecular weight is 403 g/mol. The lowest BCUT2D eigenvalue weighted by molar-refractivity contribution is 0.0600. The van der Waals surface area contributed by atoms with Gasteiger partial charge in [0.25, 0.3) is 5.91 Å². The third kappa shape index (κ3) is 2.50. The summed E-state index contributed by atoms with van der Waals surface area (Å²) in [5.41, 5.74) is 0.667. The number of fused-ring (bicyclic) bond motifs is 2. The van der Waals surface area contributed by atoms with Crippen LogP contribution in [-0.2, 0) is 0 Å². The molecule has 1 amide bonds. The maximum absolute atomic E-state index is 12.9. The van der Waals surface area contributed by atoms with Crippen LogP contribution in [0.5, 0.6) is 5.75 Å². The molecule has 3 rings (SSSR count). The number of amides is 1. The highest BCUT2D eigenvalue weighted by Gasteiger charge is 2.43. The number of benzene rings is 1. The van der Waals surface area contributed by atoms with Crippen LogP contribution in [0.4, 0.5) is 0 Å². The molecule has 2 saturated heterocycles. The predicted molar refractivity (Wildman–Crippen MR) is 85.6 cm³/mol. The summed E-state index contributed by atoms with van der Waals surface area (Å²) in [6.45, 7) is 0.